The van der Waals surface area contributed by atoms with Gasteiger partial charge in [-0.1, -0.05) is 109 Å². The molecular formula is C36H25N. The van der Waals surface area contributed by atoms with Crippen molar-refractivity contribution in [2.45, 2.75) is 0 Å². The lowest BCUT2D eigenvalue weighted by atomic mass is 9.93. The van der Waals surface area contributed by atoms with Gasteiger partial charge >= 0.3 is 0 Å². The first-order valence-electron chi connectivity index (χ1n) is 12.7. The van der Waals surface area contributed by atoms with E-state index in [1.54, 1.807) is 0 Å². The van der Waals surface area contributed by atoms with Crippen LogP contribution in [-0.2, 0) is 0 Å². The van der Waals surface area contributed by atoms with Crippen molar-refractivity contribution >= 4 is 43.7 Å². The van der Waals surface area contributed by atoms with Crippen LogP contribution in [0.5, 0.6) is 0 Å². The largest absolute Gasteiger partial charge is 0.356 e. The highest BCUT2D eigenvalue weighted by molar-refractivity contribution is 6.13. The monoisotopic (exact) mass is 471 g/mol. The minimum absolute atomic E-state index is 1.08. The lowest BCUT2D eigenvalue weighted by Crippen LogP contribution is -1.91. The van der Waals surface area contributed by atoms with Gasteiger partial charge in [0, 0.05) is 11.4 Å². The van der Waals surface area contributed by atoms with Crippen LogP contribution in [0.25, 0.3) is 54.6 Å². The molecule has 0 atom stereocenters. The lowest BCUT2D eigenvalue weighted by molar-refractivity contribution is 1.54. The fourth-order valence-electron chi connectivity index (χ4n) is 5.31. The summed E-state index contributed by atoms with van der Waals surface area (Å²) in [6.45, 7) is 0. The standard InChI is InChI=1S/C36H25N/c1-2-8-28-23-29(14-13-25(28)7-1)26-15-19-31(20-16-26)37-32-21-17-27(18-22-32)36-24-30-9-3-4-10-33(30)34-11-5-6-12-35(34)36/h1-24,37H. The minimum Gasteiger partial charge on any atom is -0.356 e. The smallest absolute Gasteiger partial charge is 0.0384 e. The molecule has 0 saturated heterocycles. The zero-order valence-corrected chi connectivity index (χ0v) is 20.4. The number of hydrogen-bond acceptors (Lipinski definition) is 1. The summed E-state index contributed by atoms with van der Waals surface area (Å²) in [5.74, 6) is 0. The second-order valence-corrected chi connectivity index (χ2v) is 9.53. The van der Waals surface area contributed by atoms with Crippen LogP contribution in [0, 0.1) is 0 Å². The summed E-state index contributed by atoms with van der Waals surface area (Å²) in [7, 11) is 0. The molecule has 0 aliphatic rings. The van der Waals surface area contributed by atoms with Crippen LogP contribution in [0.4, 0.5) is 11.4 Å². The first kappa shape index (κ1) is 21.4. The van der Waals surface area contributed by atoms with Crippen molar-refractivity contribution in [2.24, 2.45) is 0 Å². The van der Waals surface area contributed by atoms with E-state index < -0.39 is 0 Å². The molecule has 0 aliphatic heterocycles. The molecule has 0 heterocycles. The van der Waals surface area contributed by atoms with Crippen molar-refractivity contribution in [3.8, 4) is 22.3 Å². The first-order chi connectivity index (χ1) is 18.3. The summed E-state index contributed by atoms with van der Waals surface area (Å²) in [4.78, 5) is 0. The summed E-state index contributed by atoms with van der Waals surface area (Å²) in [6, 6.07) is 52.2. The minimum atomic E-state index is 1.08. The summed E-state index contributed by atoms with van der Waals surface area (Å²) >= 11 is 0. The number of rotatable bonds is 4. The topological polar surface area (TPSA) is 12.0 Å². The molecule has 0 spiro atoms. The Labute approximate surface area is 216 Å². The number of anilines is 2. The van der Waals surface area contributed by atoms with E-state index >= 15 is 0 Å². The number of benzene rings is 7. The van der Waals surface area contributed by atoms with Crippen LogP contribution < -0.4 is 5.32 Å². The second kappa shape index (κ2) is 8.96. The van der Waals surface area contributed by atoms with E-state index in [1.807, 2.05) is 0 Å². The predicted octanol–water partition coefficient (Wildman–Crippen LogP) is 10.2. The maximum atomic E-state index is 3.56. The van der Waals surface area contributed by atoms with Gasteiger partial charge < -0.3 is 5.32 Å². The number of nitrogens with one attached hydrogen (secondary N) is 1. The average molecular weight is 472 g/mol. The summed E-state index contributed by atoms with van der Waals surface area (Å²) in [6.07, 6.45) is 0. The van der Waals surface area contributed by atoms with Crippen molar-refractivity contribution in [1.29, 1.82) is 0 Å². The van der Waals surface area contributed by atoms with Gasteiger partial charge in [-0.3, -0.25) is 0 Å². The van der Waals surface area contributed by atoms with E-state index in [1.165, 1.54) is 54.6 Å². The predicted molar refractivity (Wildman–Crippen MR) is 160 cm³/mol. The zero-order valence-electron chi connectivity index (χ0n) is 20.4. The second-order valence-electron chi connectivity index (χ2n) is 9.53. The number of fused-ring (bicyclic) bond motifs is 4. The quantitative estimate of drug-likeness (QED) is 0.252. The highest BCUT2D eigenvalue weighted by Crippen LogP contribution is 2.35. The van der Waals surface area contributed by atoms with Gasteiger partial charge in [0.25, 0.3) is 0 Å². The van der Waals surface area contributed by atoms with Gasteiger partial charge in [0.2, 0.25) is 0 Å². The van der Waals surface area contributed by atoms with Crippen molar-refractivity contribution < 1.29 is 0 Å². The molecule has 37 heavy (non-hydrogen) atoms. The van der Waals surface area contributed by atoms with E-state index in [4.69, 9.17) is 0 Å². The van der Waals surface area contributed by atoms with Gasteiger partial charge in [-0.05, 0) is 91.0 Å². The maximum Gasteiger partial charge on any atom is 0.0384 e. The van der Waals surface area contributed by atoms with E-state index in [9.17, 15) is 0 Å². The summed E-state index contributed by atoms with van der Waals surface area (Å²) in [5.41, 5.74) is 7.09. The third kappa shape index (κ3) is 4.01. The van der Waals surface area contributed by atoms with Crippen LogP contribution in [0.3, 0.4) is 0 Å². The summed E-state index contributed by atoms with van der Waals surface area (Å²) in [5, 5.41) is 11.2. The normalized spacial score (nSPS) is 11.2. The Morgan fingerprint density at radius 2 is 0.865 bits per heavy atom. The molecule has 0 unspecified atom stereocenters. The molecule has 0 radical (unpaired) electrons. The average Bonchev–Trinajstić information content (AvgIpc) is 2.97. The molecule has 0 saturated carbocycles. The van der Waals surface area contributed by atoms with Crippen LogP contribution in [0.2, 0.25) is 0 Å². The first-order valence-corrected chi connectivity index (χ1v) is 12.7. The molecule has 7 aromatic carbocycles. The molecule has 7 aromatic rings. The van der Waals surface area contributed by atoms with Crippen molar-refractivity contribution in [2.75, 3.05) is 5.32 Å². The van der Waals surface area contributed by atoms with Gasteiger partial charge in [-0.25, -0.2) is 0 Å². The Hall–Kier alpha value is -4.88. The van der Waals surface area contributed by atoms with Gasteiger partial charge in [0.15, 0.2) is 0 Å². The fourth-order valence-corrected chi connectivity index (χ4v) is 5.31. The zero-order chi connectivity index (χ0) is 24.6. The van der Waals surface area contributed by atoms with Gasteiger partial charge in [-0.2, -0.15) is 0 Å². The SMILES string of the molecule is c1ccc2cc(-c3ccc(Nc4ccc(-c5cc6ccccc6c6ccccc56)cc4)cc3)ccc2c1. The molecule has 0 amide bonds. The highest BCUT2D eigenvalue weighted by Gasteiger charge is 2.08. The van der Waals surface area contributed by atoms with Crippen LogP contribution in [-0.4, -0.2) is 0 Å². The van der Waals surface area contributed by atoms with E-state index in [-0.39, 0.29) is 0 Å². The van der Waals surface area contributed by atoms with E-state index in [2.05, 4.69) is 151 Å². The van der Waals surface area contributed by atoms with Gasteiger partial charge in [-0.15, -0.1) is 0 Å². The molecule has 1 nitrogen and oxygen atoms in total. The maximum absolute atomic E-state index is 3.56. The fraction of sp³-hybridized carbons (Fsp3) is 0. The molecule has 174 valence electrons. The molecule has 1 N–H and O–H groups in total. The van der Waals surface area contributed by atoms with Crippen molar-refractivity contribution in [3.05, 3.63) is 146 Å². The molecule has 0 bridgehead atoms. The molecule has 0 aromatic heterocycles. The third-order valence-electron chi connectivity index (χ3n) is 7.22. The molecule has 0 fully saturated rings. The van der Waals surface area contributed by atoms with Crippen LogP contribution >= 0.6 is 0 Å². The summed E-state index contributed by atoms with van der Waals surface area (Å²) < 4.78 is 0. The van der Waals surface area contributed by atoms with Crippen molar-refractivity contribution in [3.63, 3.8) is 0 Å². The van der Waals surface area contributed by atoms with Gasteiger partial charge in [0.05, 0.1) is 0 Å². The van der Waals surface area contributed by atoms with Crippen LogP contribution in [0.1, 0.15) is 0 Å². The molecular weight excluding hydrogens is 446 g/mol. The Morgan fingerprint density at radius 1 is 0.324 bits per heavy atom. The third-order valence-corrected chi connectivity index (χ3v) is 7.22. The highest BCUT2D eigenvalue weighted by atomic mass is 14.9. The van der Waals surface area contributed by atoms with Gasteiger partial charge in [0.1, 0.15) is 0 Å². The lowest BCUT2D eigenvalue weighted by Gasteiger charge is -2.12. The van der Waals surface area contributed by atoms with Crippen LogP contribution in [0.15, 0.2) is 146 Å². The Kier molecular flexibility index (Phi) is 5.19. The Morgan fingerprint density at radius 3 is 1.59 bits per heavy atom. The Bertz CT molecular complexity index is 1880. The Balaban J connectivity index is 1.16. The number of hydrogen-bond donors (Lipinski definition) is 1. The molecule has 0 aliphatic carbocycles. The van der Waals surface area contributed by atoms with E-state index in [0.29, 0.717) is 0 Å². The van der Waals surface area contributed by atoms with Crippen molar-refractivity contribution in [1.82, 2.24) is 0 Å². The molecule has 1 heteroatoms. The van der Waals surface area contributed by atoms with E-state index in [0.717, 1.165) is 11.4 Å². The molecule has 7 rings (SSSR count).